The second kappa shape index (κ2) is 5.81. The summed E-state index contributed by atoms with van der Waals surface area (Å²) < 4.78 is 10.3. The Morgan fingerprint density at radius 3 is 1.50 bits per heavy atom. The normalized spacial score (nSPS) is 13.3. The van der Waals surface area contributed by atoms with E-state index >= 15 is 0 Å². The van der Waals surface area contributed by atoms with Crippen LogP contribution in [0.25, 0.3) is 23.3 Å². The molecule has 2 aliphatic rings. The summed E-state index contributed by atoms with van der Waals surface area (Å²) in [4.78, 5) is 23.9. The topological polar surface area (TPSA) is 52.6 Å². The van der Waals surface area contributed by atoms with E-state index in [1.807, 2.05) is 48.5 Å². The third kappa shape index (κ3) is 2.42. The van der Waals surface area contributed by atoms with E-state index in [-0.39, 0.29) is 13.2 Å². The van der Waals surface area contributed by atoms with Gasteiger partial charge >= 0.3 is 11.9 Å². The van der Waals surface area contributed by atoms with Crippen molar-refractivity contribution in [3.63, 3.8) is 0 Å². The second-order valence-electron chi connectivity index (χ2n) is 5.56. The Bertz CT molecular complexity index is 830. The third-order valence-electron chi connectivity index (χ3n) is 4.09. The van der Waals surface area contributed by atoms with Crippen LogP contribution in [0.5, 0.6) is 0 Å². The lowest BCUT2D eigenvalue weighted by Gasteiger charge is -2.19. The van der Waals surface area contributed by atoms with E-state index in [9.17, 15) is 9.59 Å². The molecule has 4 heteroatoms. The summed E-state index contributed by atoms with van der Waals surface area (Å²) in [5, 5.41) is 0. The molecule has 0 spiro atoms. The molecule has 0 bridgehead atoms. The van der Waals surface area contributed by atoms with Gasteiger partial charge in [0.25, 0.3) is 0 Å². The fraction of sp³-hybridized carbons (Fsp3) is 0.100. The van der Waals surface area contributed by atoms with Crippen molar-refractivity contribution >= 4 is 35.2 Å². The van der Waals surface area contributed by atoms with Crippen molar-refractivity contribution < 1.29 is 19.1 Å². The van der Waals surface area contributed by atoms with Crippen molar-refractivity contribution in [3.8, 4) is 0 Å². The van der Waals surface area contributed by atoms with E-state index < -0.39 is 11.9 Å². The van der Waals surface area contributed by atoms with Crippen molar-refractivity contribution in [2.45, 2.75) is 0 Å². The minimum Gasteiger partial charge on any atom is -0.458 e. The van der Waals surface area contributed by atoms with Gasteiger partial charge in [-0.25, -0.2) is 9.59 Å². The van der Waals surface area contributed by atoms with Crippen LogP contribution in [0.15, 0.2) is 48.5 Å². The van der Waals surface area contributed by atoms with Gasteiger partial charge in [0.15, 0.2) is 0 Å². The standard InChI is InChI=1S/C20H14O4/c21-19(17-11-13-5-1-3-7-15(13)17)23-9-10-24-20(22)18-12-14-6-2-4-8-16(14)18/h1-8,11-12H,9-10H2. The van der Waals surface area contributed by atoms with Crippen LogP contribution in [0.2, 0.25) is 0 Å². The molecular weight excluding hydrogens is 304 g/mol. The Kier molecular flexibility index (Phi) is 3.50. The summed E-state index contributed by atoms with van der Waals surface area (Å²) in [5.41, 5.74) is 4.99. The predicted molar refractivity (Wildman–Crippen MR) is 90.5 cm³/mol. The van der Waals surface area contributed by atoms with E-state index in [1.165, 1.54) is 0 Å². The summed E-state index contributed by atoms with van der Waals surface area (Å²) in [7, 11) is 0. The van der Waals surface area contributed by atoms with Gasteiger partial charge in [-0.2, -0.15) is 0 Å². The van der Waals surface area contributed by atoms with Gasteiger partial charge in [-0.05, 0) is 34.4 Å². The molecule has 0 N–H and O–H groups in total. The average molecular weight is 318 g/mol. The maximum absolute atomic E-state index is 12.0. The summed E-state index contributed by atoms with van der Waals surface area (Å²) in [5.74, 6) is -0.782. The largest absolute Gasteiger partial charge is 0.458 e. The highest BCUT2D eigenvalue weighted by molar-refractivity contribution is 6.28. The van der Waals surface area contributed by atoms with Crippen molar-refractivity contribution in [3.05, 3.63) is 70.8 Å². The van der Waals surface area contributed by atoms with E-state index in [0.717, 1.165) is 22.3 Å². The monoisotopic (exact) mass is 318 g/mol. The van der Waals surface area contributed by atoms with Gasteiger partial charge in [0.2, 0.25) is 0 Å². The number of benzene rings is 2. The van der Waals surface area contributed by atoms with Gasteiger partial charge in [0, 0.05) is 0 Å². The van der Waals surface area contributed by atoms with E-state index in [1.54, 1.807) is 12.2 Å². The first-order chi connectivity index (χ1) is 11.7. The molecule has 0 saturated carbocycles. The van der Waals surface area contributed by atoms with Crippen LogP contribution in [0.4, 0.5) is 0 Å². The molecule has 0 aromatic heterocycles. The first-order valence-electron chi connectivity index (χ1n) is 7.70. The summed E-state index contributed by atoms with van der Waals surface area (Å²) in [6.07, 6.45) is 3.58. The molecule has 0 unspecified atom stereocenters. The number of ether oxygens (including phenoxy) is 2. The van der Waals surface area contributed by atoms with Crippen LogP contribution >= 0.6 is 0 Å². The molecule has 118 valence electrons. The highest BCUT2D eigenvalue weighted by atomic mass is 16.6. The quantitative estimate of drug-likeness (QED) is 0.627. The zero-order valence-corrected chi connectivity index (χ0v) is 12.8. The molecule has 24 heavy (non-hydrogen) atoms. The maximum Gasteiger partial charge on any atom is 0.338 e. The minimum absolute atomic E-state index is 0.0407. The zero-order chi connectivity index (χ0) is 16.5. The first-order valence-corrected chi connectivity index (χ1v) is 7.70. The molecule has 0 heterocycles. The molecule has 0 radical (unpaired) electrons. The van der Waals surface area contributed by atoms with Gasteiger partial charge in [-0.15, -0.1) is 0 Å². The van der Waals surface area contributed by atoms with Crippen molar-refractivity contribution in [2.24, 2.45) is 0 Å². The van der Waals surface area contributed by atoms with Gasteiger partial charge in [0.05, 0.1) is 11.1 Å². The Labute approximate surface area is 139 Å². The SMILES string of the molecule is O=C(OCCOC(=O)C1=Cc2ccccc21)C1=Cc2ccccc21. The van der Waals surface area contributed by atoms with Crippen LogP contribution in [0.3, 0.4) is 0 Å². The van der Waals surface area contributed by atoms with Gasteiger partial charge < -0.3 is 9.47 Å². The average Bonchev–Trinajstić information content (AvgIpc) is 2.54. The zero-order valence-electron chi connectivity index (χ0n) is 12.8. The highest BCUT2D eigenvalue weighted by Crippen LogP contribution is 2.33. The van der Waals surface area contributed by atoms with Gasteiger partial charge in [0.1, 0.15) is 13.2 Å². The lowest BCUT2D eigenvalue weighted by atomic mass is 9.89. The highest BCUT2D eigenvalue weighted by Gasteiger charge is 2.24. The van der Waals surface area contributed by atoms with Crippen LogP contribution in [0, 0.1) is 0 Å². The fourth-order valence-corrected chi connectivity index (χ4v) is 2.81. The van der Waals surface area contributed by atoms with Crippen LogP contribution in [0.1, 0.15) is 22.3 Å². The molecule has 0 aliphatic heterocycles. The number of hydrogen-bond acceptors (Lipinski definition) is 4. The molecule has 2 aromatic carbocycles. The fourth-order valence-electron chi connectivity index (χ4n) is 2.81. The Morgan fingerprint density at radius 1 is 0.667 bits per heavy atom. The Hall–Kier alpha value is -3.14. The first kappa shape index (κ1) is 14.5. The minimum atomic E-state index is -0.391. The lowest BCUT2D eigenvalue weighted by molar-refractivity contribution is -0.144. The number of rotatable bonds is 5. The molecule has 2 aromatic rings. The molecule has 4 rings (SSSR count). The van der Waals surface area contributed by atoms with Crippen molar-refractivity contribution in [1.82, 2.24) is 0 Å². The van der Waals surface area contributed by atoms with E-state index in [0.29, 0.717) is 11.1 Å². The van der Waals surface area contributed by atoms with Crippen LogP contribution < -0.4 is 0 Å². The van der Waals surface area contributed by atoms with Gasteiger partial charge in [-0.3, -0.25) is 0 Å². The summed E-state index contributed by atoms with van der Waals surface area (Å²) in [6.45, 7) is 0.0814. The summed E-state index contributed by atoms with van der Waals surface area (Å²) >= 11 is 0. The molecular formula is C20H14O4. The number of hydrogen-bond donors (Lipinski definition) is 0. The van der Waals surface area contributed by atoms with E-state index in [4.69, 9.17) is 9.47 Å². The Balaban J connectivity index is 1.23. The third-order valence-corrected chi connectivity index (χ3v) is 4.09. The molecule has 0 atom stereocenters. The molecule has 0 amide bonds. The summed E-state index contributed by atoms with van der Waals surface area (Å²) in [6, 6.07) is 15.2. The number of fused-ring (bicyclic) bond motifs is 2. The maximum atomic E-state index is 12.0. The molecule has 4 nitrogen and oxygen atoms in total. The van der Waals surface area contributed by atoms with E-state index in [2.05, 4.69) is 0 Å². The number of carbonyl (C=O) groups excluding carboxylic acids is 2. The predicted octanol–water partition coefficient (Wildman–Crippen LogP) is 3.18. The van der Waals surface area contributed by atoms with Crippen molar-refractivity contribution in [2.75, 3.05) is 13.2 Å². The van der Waals surface area contributed by atoms with Crippen LogP contribution in [-0.4, -0.2) is 25.2 Å². The number of carbonyl (C=O) groups is 2. The lowest BCUT2D eigenvalue weighted by Crippen LogP contribution is -2.18. The van der Waals surface area contributed by atoms with Crippen LogP contribution in [-0.2, 0) is 19.1 Å². The number of esters is 2. The molecule has 2 aliphatic carbocycles. The molecule has 0 saturated heterocycles. The smallest absolute Gasteiger partial charge is 0.338 e. The second-order valence-corrected chi connectivity index (χ2v) is 5.56. The Morgan fingerprint density at radius 2 is 1.08 bits per heavy atom. The molecule has 0 fully saturated rings. The van der Waals surface area contributed by atoms with Gasteiger partial charge in [-0.1, -0.05) is 48.5 Å². The van der Waals surface area contributed by atoms with Crippen molar-refractivity contribution in [1.29, 1.82) is 0 Å².